The molecule has 0 atom stereocenters. The second-order valence-electron chi connectivity index (χ2n) is 3.78. The number of para-hydroxylation sites is 2. The lowest BCUT2D eigenvalue weighted by Crippen LogP contribution is -2.17. The number of pyridine rings is 1. The van der Waals surface area contributed by atoms with Crippen LogP contribution < -0.4 is 0 Å². The molecule has 0 saturated carbocycles. The molecule has 0 aliphatic carbocycles. The molecule has 0 amide bonds. The molecule has 0 aliphatic heterocycles. The number of halogens is 2. The van der Waals surface area contributed by atoms with E-state index in [2.05, 4.69) is 9.97 Å². The molecule has 3 nitrogen and oxygen atoms in total. The number of hydrogen-bond acceptors (Lipinski definition) is 3. The molecule has 0 bridgehead atoms. The van der Waals surface area contributed by atoms with Crippen molar-refractivity contribution in [3.05, 3.63) is 60.2 Å². The second-order valence-corrected chi connectivity index (χ2v) is 3.78. The number of aromatic nitrogens is 2. The van der Waals surface area contributed by atoms with Crippen molar-refractivity contribution in [2.24, 2.45) is 0 Å². The number of benzene rings is 1. The predicted molar refractivity (Wildman–Crippen MR) is 61.2 cm³/mol. The van der Waals surface area contributed by atoms with E-state index in [1.807, 2.05) is 0 Å². The number of hydrogen-bond donors (Lipinski definition) is 0. The molecule has 18 heavy (non-hydrogen) atoms. The number of fused-ring (bicyclic) bond motifs is 1. The third-order valence-electron chi connectivity index (χ3n) is 2.55. The highest BCUT2D eigenvalue weighted by atomic mass is 19.3. The van der Waals surface area contributed by atoms with E-state index < -0.39 is 11.8 Å². The standard InChI is InChI=1S/C13H8F2N2O/c14-13(15,11-7-3-4-8-16-11)12-17-9-5-1-2-6-10(9)18-12/h1-8H. The summed E-state index contributed by atoms with van der Waals surface area (Å²) in [7, 11) is 0. The lowest BCUT2D eigenvalue weighted by Gasteiger charge is -2.10. The number of nitrogens with zero attached hydrogens (tertiary/aromatic N) is 2. The zero-order valence-electron chi connectivity index (χ0n) is 9.18. The van der Waals surface area contributed by atoms with Crippen LogP contribution in [0.2, 0.25) is 0 Å². The van der Waals surface area contributed by atoms with Crippen LogP contribution in [0.3, 0.4) is 0 Å². The van der Waals surface area contributed by atoms with Gasteiger partial charge in [-0.15, -0.1) is 0 Å². The summed E-state index contributed by atoms with van der Waals surface area (Å²) in [5, 5.41) is 0. The molecule has 2 aromatic heterocycles. The van der Waals surface area contributed by atoms with Crippen molar-refractivity contribution in [2.75, 3.05) is 0 Å². The van der Waals surface area contributed by atoms with E-state index in [9.17, 15) is 8.78 Å². The van der Waals surface area contributed by atoms with E-state index in [1.165, 1.54) is 18.3 Å². The van der Waals surface area contributed by atoms with Gasteiger partial charge in [0.1, 0.15) is 11.2 Å². The molecular weight excluding hydrogens is 238 g/mol. The minimum Gasteiger partial charge on any atom is -0.435 e. The van der Waals surface area contributed by atoms with Crippen molar-refractivity contribution >= 4 is 11.1 Å². The van der Waals surface area contributed by atoms with Crippen molar-refractivity contribution in [2.45, 2.75) is 5.92 Å². The van der Waals surface area contributed by atoms with Crippen molar-refractivity contribution < 1.29 is 13.2 Å². The minimum atomic E-state index is -3.33. The summed E-state index contributed by atoms with van der Waals surface area (Å²) >= 11 is 0. The molecule has 1 aromatic carbocycles. The summed E-state index contributed by atoms with van der Waals surface area (Å²) in [5.41, 5.74) is 0.364. The fourth-order valence-corrected chi connectivity index (χ4v) is 1.66. The molecule has 3 aromatic rings. The van der Waals surface area contributed by atoms with Crippen LogP contribution in [0.1, 0.15) is 11.6 Å². The molecule has 0 unspecified atom stereocenters. The van der Waals surface area contributed by atoms with E-state index in [-0.39, 0.29) is 5.69 Å². The minimum absolute atomic E-state index is 0.336. The van der Waals surface area contributed by atoms with Crippen molar-refractivity contribution in [1.82, 2.24) is 9.97 Å². The SMILES string of the molecule is FC(F)(c1ccccn1)c1nc2ccccc2o1. The maximum atomic E-state index is 14.1. The Balaban J connectivity index is 2.13. The average molecular weight is 246 g/mol. The van der Waals surface area contributed by atoms with Crippen LogP contribution in [0.25, 0.3) is 11.1 Å². The van der Waals surface area contributed by atoms with Gasteiger partial charge in [-0.05, 0) is 24.3 Å². The summed E-state index contributed by atoms with van der Waals surface area (Å²) in [4.78, 5) is 7.45. The van der Waals surface area contributed by atoms with Gasteiger partial charge in [0.2, 0.25) is 0 Å². The number of rotatable bonds is 2. The van der Waals surface area contributed by atoms with Crippen LogP contribution in [-0.4, -0.2) is 9.97 Å². The summed E-state index contributed by atoms with van der Waals surface area (Å²) in [5.74, 6) is -3.97. The third-order valence-corrected chi connectivity index (χ3v) is 2.55. The highest BCUT2D eigenvalue weighted by Crippen LogP contribution is 2.35. The topological polar surface area (TPSA) is 38.9 Å². The van der Waals surface area contributed by atoms with Gasteiger partial charge in [-0.3, -0.25) is 4.98 Å². The maximum absolute atomic E-state index is 14.1. The molecule has 2 heterocycles. The molecule has 5 heteroatoms. The fourth-order valence-electron chi connectivity index (χ4n) is 1.66. The van der Waals surface area contributed by atoms with Crippen LogP contribution >= 0.6 is 0 Å². The zero-order chi connectivity index (χ0) is 12.6. The number of oxazole rings is 1. The first kappa shape index (κ1) is 10.8. The molecule has 90 valence electrons. The maximum Gasteiger partial charge on any atom is 0.363 e. The second kappa shape index (κ2) is 3.87. The van der Waals surface area contributed by atoms with Gasteiger partial charge in [0.05, 0.1) is 0 Å². The Bertz CT molecular complexity index is 647. The van der Waals surface area contributed by atoms with Gasteiger partial charge in [0, 0.05) is 6.20 Å². The van der Waals surface area contributed by atoms with Gasteiger partial charge < -0.3 is 4.42 Å². The van der Waals surface area contributed by atoms with Gasteiger partial charge >= 0.3 is 5.92 Å². The molecule has 0 fully saturated rings. The van der Waals surface area contributed by atoms with Gasteiger partial charge in [-0.2, -0.15) is 8.78 Å². The molecule has 0 N–H and O–H groups in total. The van der Waals surface area contributed by atoms with Crippen molar-refractivity contribution in [3.8, 4) is 0 Å². The third kappa shape index (κ3) is 1.64. The first-order valence-electron chi connectivity index (χ1n) is 5.33. The highest BCUT2D eigenvalue weighted by molar-refractivity contribution is 5.72. The Labute approximate surface area is 101 Å². The normalized spacial score (nSPS) is 11.9. The van der Waals surface area contributed by atoms with E-state index in [0.29, 0.717) is 11.1 Å². The zero-order valence-corrected chi connectivity index (χ0v) is 9.18. The molecule has 0 saturated heterocycles. The lowest BCUT2D eigenvalue weighted by molar-refractivity contribution is 0.0103. The van der Waals surface area contributed by atoms with Gasteiger partial charge in [0.25, 0.3) is 5.89 Å². The smallest absolute Gasteiger partial charge is 0.363 e. The fraction of sp³-hybridized carbons (Fsp3) is 0.0769. The van der Waals surface area contributed by atoms with Gasteiger partial charge in [-0.1, -0.05) is 18.2 Å². The Kier molecular flexibility index (Phi) is 2.33. The first-order valence-corrected chi connectivity index (χ1v) is 5.33. The van der Waals surface area contributed by atoms with E-state index >= 15 is 0 Å². The van der Waals surface area contributed by atoms with E-state index in [0.717, 1.165) is 0 Å². The lowest BCUT2D eigenvalue weighted by atomic mass is 10.2. The van der Waals surface area contributed by atoms with E-state index in [1.54, 1.807) is 30.3 Å². The molecular formula is C13H8F2N2O. The summed E-state index contributed by atoms with van der Waals surface area (Å²) < 4.78 is 33.3. The van der Waals surface area contributed by atoms with Gasteiger partial charge in [0.15, 0.2) is 5.58 Å². The number of alkyl halides is 2. The molecule has 0 radical (unpaired) electrons. The van der Waals surface area contributed by atoms with Crippen molar-refractivity contribution in [1.29, 1.82) is 0 Å². The quantitative estimate of drug-likeness (QED) is 0.695. The van der Waals surface area contributed by atoms with E-state index in [4.69, 9.17) is 4.42 Å². The monoisotopic (exact) mass is 246 g/mol. The van der Waals surface area contributed by atoms with Crippen LogP contribution in [0, 0.1) is 0 Å². The summed E-state index contributed by atoms with van der Waals surface area (Å²) in [6, 6.07) is 11.0. The van der Waals surface area contributed by atoms with Crippen LogP contribution in [0.5, 0.6) is 0 Å². The van der Waals surface area contributed by atoms with Crippen molar-refractivity contribution in [3.63, 3.8) is 0 Å². The Morgan fingerprint density at radius 2 is 1.78 bits per heavy atom. The molecule has 3 rings (SSSR count). The van der Waals surface area contributed by atoms with Crippen LogP contribution in [-0.2, 0) is 5.92 Å². The summed E-state index contributed by atoms with van der Waals surface area (Å²) in [6.45, 7) is 0. The Morgan fingerprint density at radius 1 is 1.00 bits per heavy atom. The van der Waals surface area contributed by atoms with Crippen LogP contribution in [0.15, 0.2) is 53.1 Å². The first-order chi connectivity index (χ1) is 8.68. The average Bonchev–Trinajstić information content (AvgIpc) is 2.84. The van der Waals surface area contributed by atoms with Gasteiger partial charge in [-0.25, -0.2) is 4.98 Å². The summed E-state index contributed by atoms with van der Waals surface area (Å²) in [6.07, 6.45) is 1.31. The van der Waals surface area contributed by atoms with Crippen LogP contribution in [0.4, 0.5) is 8.78 Å². The highest BCUT2D eigenvalue weighted by Gasteiger charge is 2.41. The largest absolute Gasteiger partial charge is 0.435 e. The Morgan fingerprint density at radius 3 is 2.50 bits per heavy atom. The Hall–Kier alpha value is -2.30. The molecule has 0 spiro atoms. The predicted octanol–water partition coefficient (Wildman–Crippen LogP) is 3.36. The molecule has 0 aliphatic rings.